The van der Waals surface area contributed by atoms with Crippen molar-refractivity contribution in [2.75, 3.05) is 0 Å². The lowest BCUT2D eigenvalue weighted by molar-refractivity contribution is -0.312. The second-order valence-electron chi connectivity index (χ2n) is 6.73. The first-order valence-electron chi connectivity index (χ1n) is 7.92. The van der Waals surface area contributed by atoms with E-state index in [2.05, 4.69) is 5.32 Å². The monoisotopic (exact) mass is 376 g/mol. The SMILES string of the molecule is CC1(C)S[C@@H]2[C@H](NC(=O)[C@H](C(=O)[O-])c3ccccc3)C(=O)N2[C@H]1C(=O)[O-]. The Kier molecular flexibility index (Phi) is 4.43. The van der Waals surface area contributed by atoms with Gasteiger partial charge in [-0.2, -0.15) is 0 Å². The number of rotatable bonds is 5. The van der Waals surface area contributed by atoms with Crippen LogP contribution in [0.15, 0.2) is 30.3 Å². The number of carboxylic acids is 2. The van der Waals surface area contributed by atoms with E-state index in [0.717, 1.165) is 0 Å². The molecule has 0 bridgehead atoms. The molecule has 2 aliphatic rings. The molecule has 2 saturated heterocycles. The lowest BCUT2D eigenvalue weighted by Gasteiger charge is -2.45. The number of aliphatic carboxylic acids is 2. The number of nitrogens with one attached hydrogen (secondary N) is 1. The van der Waals surface area contributed by atoms with Crippen molar-refractivity contribution in [2.24, 2.45) is 0 Å². The average Bonchev–Trinajstić information content (AvgIpc) is 2.82. The van der Waals surface area contributed by atoms with Crippen molar-refractivity contribution in [3.63, 3.8) is 0 Å². The van der Waals surface area contributed by atoms with Gasteiger partial charge in [0.1, 0.15) is 17.3 Å². The molecular weight excluding hydrogens is 360 g/mol. The van der Waals surface area contributed by atoms with Crippen molar-refractivity contribution in [3.8, 4) is 0 Å². The molecule has 3 rings (SSSR count). The molecule has 9 heteroatoms. The van der Waals surface area contributed by atoms with Crippen LogP contribution in [0.25, 0.3) is 0 Å². The third-order valence-corrected chi connectivity index (χ3v) is 6.16. The van der Waals surface area contributed by atoms with Crippen LogP contribution in [0.3, 0.4) is 0 Å². The first kappa shape index (κ1) is 18.2. The number of carboxylic acid groups (broad SMARTS) is 2. The molecule has 2 aliphatic heterocycles. The summed E-state index contributed by atoms with van der Waals surface area (Å²) in [4.78, 5) is 48.8. The predicted molar refractivity (Wildman–Crippen MR) is 87.2 cm³/mol. The summed E-state index contributed by atoms with van der Waals surface area (Å²) in [5.41, 5.74) is 0.237. The van der Waals surface area contributed by atoms with Gasteiger partial charge in [0.05, 0.1) is 18.0 Å². The summed E-state index contributed by atoms with van der Waals surface area (Å²) in [7, 11) is 0. The number of hydrogen-bond donors (Lipinski definition) is 1. The molecule has 4 atom stereocenters. The second kappa shape index (κ2) is 6.31. The topological polar surface area (TPSA) is 130 Å². The van der Waals surface area contributed by atoms with Gasteiger partial charge >= 0.3 is 0 Å². The molecule has 1 aromatic carbocycles. The van der Waals surface area contributed by atoms with E-state index in [4.69, 9.17) is 0 Å². The van der Waals surface area contributed by atoms with E-state index in [1.165, 1.54) is 28.8 Å². The summed E-state index contributed by atoms with van der Waals surface area (Å²) >= 11 is 1.23. The lowest BCUT2D eigenvalue weighted by atomic mass is 9.94. The van der Waals surface area contributed by atoms with Crippen molar-refractivity contribution >= 4 is 35.5 Å². The van der Waals surface area contributed by atoms with Crippen molar-refractivity contribution in [1.29, 1.82) is 0 Å². The Morgan fingerprint density at radius 1 is 1.19 bits per heavy atom. The zero-order chi connectivity index (χ0) is 19.2. The predicted octanol–water partition coefficient (Wildman–Crippen LogP) is -2.18. The van der Waals surface area contributed by atoms with Gasteiger partial charge in [0.15, 0.2) is 0 Å². The van der Waals surface area contributed by atoms with Gasteiger partial charge in [-0.25, -0.2) is 0 Å². The number of thioether (sulfide) groups is 1. The van der Waals surface area contributed by atoms with Gasteiger partial charge in [-0.3, -0.25) is 9.59 Å². The normalized spacial score (nSPS) is 27.2. The van der Waals surface area contributed by atoms with Crippen LogP contribution in [0, 0.1) is 0 Å². The van der Waals surface area contributed by atoms with E-state index < -0.39 is 51.9 Å². The summed E-state index contributed by atoms with van der Waals surface area (Å²) in [6.07, 6.45) is 0. The van der Waals surface area contributed by atoms with Crippen LogP contribution in [-0.2, 0) is 19.2 Å². The zero-order valence-corrected chi connectivity index (χ0v) is 14.8. The first-order valence-corrected chi connectivity index (χ1v) is 8.80. The summed E-state index contributed by atoms with van der Waals surface area (Å²) < 4.78 is -0.786. The van der Waals surface area contributed by atoms with Crippen LogP contribution in [0.5, 0.6) is 0 Å². The Morgan fingerprint density at radius 3 is 2.35 bits per heavy atom. The van der Waals surface area contributed by atoms with Crippen LogP contribution in [-0.4, -0.2) is 50.9 Å². The molecule has 26 heavy (non-hydrogen) atoms. The summed E-state index contributed by atoms with van der Waals surface area (Å²) in [5.74, 6) is -5.94. The number of benzene rings is 1. The maximum Gasteiger partial charge on any atom is 0.249 e. The van der Waals surface area contributed by atoms with Crippen LogP contribution in [0.2, 0.25) is 0 Å². The summed E-state index contributed by atoms with van der Waals surface area (Å²) in [5, 5.41) is 24.6. The Morgan fingerprint density at radius 2 is 1.81 bits per heavy atom. The standard InChI is InChI=1S/C17H18N2O6S/c1-17(2)11(16(24)25)19-13(21)10(14(19)26-17)18-12(20)9(15(22)23)8-6-4-3-5-7-8/h3-7,9-11,14H,1-2H3,(H,18,20)(H,22,23)(H,24,25)/p-2/t9-,10-,11+,14-/m1/s1. The minimum atomic E-state index is -1.58. The quantitative estimate of drug-likeness (QED) is 0.457. The first-order chi connectivity index (χ1) is 12.1. The third kappa shape index (κ3) is 2.82. The van der Waals surface area contributed by atoms with E-state index >= 15 is 0 Å². The minimum absolute atomic E-state index is 0.237. The molecule has 2 fully saturated rings. The highest BCUT2D eigenvalue weighted by molar-refractivity contribution is 8.01. The number of hydrogen-bond acceptors (Lipinski definition) is 7. The average molecular weight is 376 g/mol. The number of nitrogens with zero attached hydrogens (tertiary/aromatic N) is 1. The Labute approximate surface area is 153 Å². The van der Waals surface area contributed by atoms with Crippen LogP contribution >= 0.6 is 11.8 Å². The van der Waals surface area contributed by atoms with Crippen molar-refractivity contribution in [1.82, 2.24) is 10.2 Å². The fourth-order valence-electron chi connectivity index (χ4n) is 3.40. The molecule has 8 nitrogen and oxygen atoms in total. The number of fused-ring (bicyclic) bond motifs is 1. The number of β-lactam (4-membered cyclic amide) rings is 1. The van der Waals surface area contributed by atoms with Crippen molar-refractivity contribution < 1.29 is 29.4 Å². The molecule has 0 aliphatic carbocycles. The van der Waals surface area contributed by atoms with Crippen LogP contribution in [0.4, 0.5) is 0 Å². The molecule has 1 aromatic rings. The van der Waals surface area contributed by atoms with Gasteiger partial charge in [-0.05, 0) is 19.4 Å². The van der Waals surface area contributed by atoms with Crippen molar-refractivity contribution in [2.45, 2.75) is 42.0 Å². The van der Waals surface area contributed by atoms with E-state index in [9.17, 15) is 29.4 Å². The van der Waals surface area contributed by atoms with Gasteiger partial charge < -0.3 is 30.0 Å². The fourth-order valence-corrected chi connectivity index (χ4v) is 5.02. The van der Waals surface area contributed by atoms with Gasteiger partial charge in [0, 0.05) is 4.75 Å². The lowest BCUT2D eigenvalue weighted by Crippen LogP contribution is -2.72. The van der Waals surface area contributed by atoms with Gasteiger partial charge in [-0.1, -0.05) is 30.3 Å². The highest BCUT2D eigenvalue weighted by Crippen LogP contribution is 2.50. The molecule has 2 amide bonds. The highest BCUT2D eigenvalue weighted by atomic mass is 32.2. The number of amides is 2. The Hall–Kier alpha value is -2.55. The van der Waals surface area contributed by atoms with E-state index in [0.29, 0.717) is 0 Å². The molecule has 0 saturated carbocycles. The largest absolute Gasteiger partial charge is 0.549 e. The van der Waals surface area contributed by atoms with E-state index in [1.54, 1.807) is 32.0 Å². The van der Waals surface area contributed by atoms with Crippen molar-refractivity contribution in [3.05, 3.63) is 35.9 Å². The molecule has 0 radical (unpaired) electrons. The number of carbonyl (C=O) groups excluding carboxylic acids is 4. The van der Waals surface area contributed by atoms with Gasteiger partial charge in [0.2, 0.25) is 11.8 Å². The molecule has 0 spiro atoms. The Bertz CT molecular complexity index is 781. The molecule has 0 unspecified atom stereocenters. The molecule has 2 heterocycles. The third-order valence-electron chi connectivity index (χ3n) is 4.59. The molecule has 0 aromatic heterocycles. The zero-order valence-electron chi connectivity index (χ0n) is 14.0. The second-order valence-corrected chi connectivity index (χ2v) is 8.50. The summed E-state index contributed by atoms with van der Waals surface area (Å²) in [6, 6.07) is 5.73. The van der Waals surface area contributed by atoms with Gasteiger partial charge in [0.25, 0.3) is 0 Å². The molecule has 1 N–H and O–H groups in total. The highest BCUT2D eigenvalue weighted by Gasteiger charge is 2.62. The maximum atomic E-state index is 12.5. The van der Waals surface area contributed by atoms with Gasteiger partial charge in [-0.15, -0.1) is 11.8 Å². The fraction of sp³-hybridized carbons (Fsp3) is 0.412. The van der Waals surface area contributed by atoms with E-state index in [-0.39, 0.29) is 5.56 Å². The maximum absolute atomic E-state index is 12.5. The van der Waals surface area contributed by atoms with Crippen LogP contribution in [0.1, 0.15) is 25.3 Å². The van der Waals surface area contributed by atoms with Crippen LogP contribution < -0.4 is 15.5 Å². The smallest absolute Gasteiger partial charge is 0.249 e. The Balaban J connectivity index is 1.78. The summed E-state index contributed by atoms with van der Waals surface area (Å²) in [6.45, 7) is 3.35. The molecular formula is C17H16N2O6S-2. The van der Waals surface area contributed by atoms with E-state index in [1.807, 2.05) is 0 Å². The number of carbonyl (C=O) groups is 4. The minimum Gasteiger partial charge on any atom is -0.549 e. The molecule has 138 valence electrons.